The van der Waals surface area contributed by atoms with Gasteiger partial charge >= 0.3 is 0 Å². The summed E-state index contributed by atoms with van der Waals surface area (Å²) in [7, 11) is 0. The van der Waals surface area contributed by atoms with Crippen molar-refractivity contribution in [3.63, 3.8) is 0 Å². The van der Waals surface area contributed by atoms with Gasteiger partial charge in [-0.05, 0) is 33.7 Å². The Bertz CT molecular complexity index is 1600. The molecule has 0 bridgehead atoms. The zero-order valence-corrected chi connectivity index (χ0v) is 28.1. The Morgan fingerprint density at radius 1 is 0.925 bits per heavy atom. The summed E-state index contributed by atoms with van der Waals surface area (Å²) in [6.07, 6.45) is 3.36. The summed E-state index contributed by atoms with van der Waals surface area (Å²) in [5.74, 6) is 0.104. The Hall–Kier alpha value is -2.75. The number of allylic oxidation sites excluding steroid dienone is 2. The van der Waals surface area contributed by atoms with E-state index in [0.717, 1.165) is 27.8 Å². The topological polar surface area (TPSA) is 63.3 Å². The summed E-state index contributed by atoms with van der Waals surface area (Å²) in [6, 6.07) is 16.1. The Balaban J connectivity index is 0.000000272. The fraction of sp³-hybridized carbons (Fsp3) is 0.429. The molecule has 1 aliphatic carbocycles. The monoisotopic (exact) mass is 717 g/mol. The molecule has 2 aromatic heterocycles. The third-order valence-corrected chi connectivity index (χ3v) is 7.57. The predicted molar refractivity (Wildman–Crippen MR) is 161 cm³/mol. The number of carbonyl (C=O) groups is 1. The number of fused-ring (bicyclic) bond motifs is 2. The van der Waals surface area contributed by atoms with Crippen molar-refractivity contribution in [3.8, 4) is 11.3 Å². The molecule has 215 valence electrons. The summed E-state index contributed by atoms with van der Waals surface area (Å²) < 4.78 is 6.15. The summed E-state index contributed by atoms with van der Waals surface area (Å²) >= 11 is 0. The number of hydrogen-bond acceptors (Lipinski definition) is 4. The standard InChI is InChI=1S/C24H22NO.C11H20O2.Ir/c1-23(2,3)14-12-17-22(25-13-14)15-8-6-10-18-20(15)21-16(24(17,4)5)9-7-11-19(21)26-18;1-10(2,3)8(12)7-9(13)11(4,5)6;/h6-7,9-13H,1-5H3;7,12H,1-6H3;/q-1;;/b;8-7-;. The largest absolute Gasteiger partial charge is 0.512 e. The average Bonchev–Trinajstić information content (AvgIpc) is 3.17. The second-order valence-corrected chi connectivity index (χ2v) is 14.3. The third-order valence-electron chi connectivity index (χ3n) is 7.57. The molecule has 0 fully saturated rings. The Morgan fingerprint density at radius 2 is 1.55 bits per heavy atom. The van der Waals surface area contributed by atoms with Gasteiger partial charge in [0, 0.05) is 48.6 Å². The van der Waals surface area contributed by atoms with Crippen molar-refractivity contribution < 1.29 is 34.4 Å². The van der Waals surface area contributed by atoms with Gasteiger partial charge in [-0.2, -0.15) is 0 Å². The Morgan fingerprint density at radius 3 is 2.12 bits per heavy atom. The minimum atomic E-state index is -0.417. The van der Waals surface area contributed by atoms with Crippen LogP contribution in [0.25, 0.3) is 33.2 Å². The van der Waals surface area contributed by atoms with E-state index in [9.17, 15) is 9.90 Å². The van der Waals surface area contributed by atoms with E-state index in [1.807, 2.05) is 59.9 Å². The van der Waals surface area contributed by atoms with Crippen LogP contribution in [-0.4, -0.2) is 15.9 Å². The van der Waals surface area contributed by atoms with Gasteiger partial charge in [0.05, 0.1) is 5.58 Å². The van der Waals surface area contributed by atoms with Crippen molar-refractivity contribution >= 4 is 27.7 Å². The van der Waals surface area contributed by atoms with Crippen LogP contribution in [0.2, 0.25) is 0 Å². The van der Waals surface area contributed by atoms with Crippen LogP contribution in [-0.2, 0) is 35.7 Å². The van der Waals surface area contributed by atoms with E-state index in [4.69, 9.17) is 9.40 Å². The Kier molecular flexibility index (Phi) is 8.40. The molecule has 1 aliphatic rings. The van der Waals surface area contributed by atoms with Crippen molar-refractivity contribution in [2.24, 2.45) is 10.8 Å². The molecule has 2 heterocycles. The normalized spacial score (nSPS) is 14.7. The second-order valence-electron chi connectivity index (χ2n) is 14.3. The number of rotatable bonds is 1. The maximum absolute atomic E-state index is 11.5. The third kappa shape index (κ3) is 5.83. The fourth-order valence-corrected chi connectivity index (χ4v) is 4.77. The predicted octanol–water partition coefficient (Wildman–Crippen LogP) is 9.47. The first-order valence-corrected chi connectivity index (χ1v) is 13.7. The number of nitrogens with zero attached hydrogens (tertiary/aromatic N) is 1. The van der Waals surface area contributed by atoms with Crippen molar-refractivity contribution in [2.45, 2.75) is 87.0 Å². The van der Waals surface area contributed by atoms with Gasteiger partial charge in [0.25, 0.3) is 0 Å². The molecule has 1 radical (unpaired) electrons. The minimum absolute atomic E-state index is 0. The van der Waals surface area contributed by atoms with Crippen LogP contribution in [0.5, 0.6) is 0 Å². The molecule has 2 aromatic carbocycles. The first-order valence-electron chi connectivity index (χ1n) is 13.7. The molecule has 0 atom stereocenters. The summed E-state index contributed by atoms with van der Waals surface area (Å²) in [4.78, 5) is 16.4. The van der Waals surface area contributed by atoms with E-state index in [-0.39, 0.29) is 47.9 Å². The van der Waals surface area contributed by atoms with Gasteiger partial charge in [-0.25, -0.2) is 0 Å². The van der Waals surface area contributed by atoms with E-state index < -0.39 is 5.41 Å². The van der Waals surface area contributed by atoms with Crippen LogP contribution < -0.4 is 0 Å². The fourth-order valence-electron chi connectivity index (χ4n) is 4.77. The molecule has 4 aromatic rings. The summed E-state index contributed by atoms with van der Waals surface area (Å²) in [5, 5.41) is 11.9. The van der Waals surface area contributed by atoms with Gasteiger partial charge in [0.15, 0.2) is 5.78 Å². The molecule has 5 rings (SSSR count). The molecule has 0 spiro atoms. The smallest absolute Gasteiger partial charge is 0.164 e. The molecule has 1 N–H and O–H groups in total. The summed E-state index contributed by atoms with van der Waals surface area (Å²) in [5.41, 5.74) is 6.86. The minimum Gasteiger partial charge on any atom is -0.512 e. The number of aliphatic hydroxyl groups excluding tert-OH is 1. The number of hydrogen-bond donors (Lipinski definition) is 1. The zero-order valence-electron chi connectivity index (χ0n) is 25.7. The first-order chi connectivity index (χ1) is 17.8. The molecule has 40 heavy (non-hydrogen) atoms. The molecule has 0 unspecified atom stereocenters. The summed E-state index contributed by atoms with van der Waals surface area (Å²) in [6.45, 7) is 22.4. The van der Waals surface area contributed by atoms with E-state index in [2.05, 4.69) is 65.0 Å². The van der Waals surface area contributed by atoms with Crippen LogP contribution in [0, 0.1) is 16.9 Å². The zero-order chi connectivity index (χ0) is 29.1. The van der Waals surface area contributed by atoms with E-state index in [1.165, 1.54) is 28.2 Å². The van der Waals surface area contributed by atoms with Gasteiger partial charge in [0.1, 0.15) is 11.3 Å². The van der Waals surface area contributed by atoms with Crippen molar-refractivity contribution in [2.75, 3.05) is 0 Å². The van der Waals surface area contributed by atoms with Crippen molar-refractivity contribution in [3.05, 3.63) is 77.2 Å². The number of pyridine rings is 1. The molecular weight excluding hydrogens is 675 g/mol. The number of carbonyl (C=O) groups excluding carboxylic acids is 1. The molecule has 5 heteroatoms. The van der Waals surface area contributed by atoms with Crippen LogP contribution >= 0.6 is 0 Å². The maximum Gasteiger partial charge on any atom is 0.164 e. The van der Waals surface area contributed by atoms with Crippen LogP contribution in [0.4, 0.5) is 0 Å². The maximum atomic E-state index is 11.5. The van der Waals surface area contributed by atoms with Gasteiger partial charge in [-0.3, -0.25) is 4.79 Å². The number of benzene rings is 2. The van der Waals surface area contributed by atoms with E-state index in [1.54, 1.807) is 0 Å². The van der Waals surface area contributed by atoms with Crippen LogP contribution in [0.3, 0.4) is 0 Å². The van der Waals surface area contributed by atoms with Gasteiger partial charge < -0.3 is 14.5 Å². The number of ketones is 1. The molecule has 4 nitrogen and oxygen atoms in total. The van der Waals surface area contributed by atoms with Gasteiger partial charge in [-0.15, -0.1) is 17.7 Å². The Labute approximate surface area is 252 Å². The molecular formula is C35H42IrNO3-. The van der Waals surface area contributed by atoms with Gasteiger partial charge in [0.2, 0.25) is 0 Å². The molecule has 0 amide bonds. The molecule has 0 aliphatic heterocycles. The number of aliphatic hydroxyl groups is 1. The van der Waals surface area contributed by atoms with Crippen molar-refractivity contribution in [1.82, 2.24) is 4.98 Å². The van der Waals surface area contributed by atoms with E-state index >= 15 is 0 Å². The second kappa shape index (κ2) is 10.6. The number of furan rings is 1. The quantitative estimate of drug-likeness (QED) is 0.121. The van der Waals surface area contributed by atoms with Crippen LogP contribution in [0.1, 0.15) is 92.9 Å². The number of aromatic nitrogens is 1. The van der Waals surface area contributed by atoms with E-state index in [0.29, 0.717) is 0 Å². The van der Waals surface area contributed by atoms with Crippen molar-refractivity contribution in [1.29, 1.82) is 0 Å². The van der Waals surface area contributed by atoms with Crippen LogP contribution in [0.15, 0.2) is 58.8 Å². The van der Waals surface area contributed by atoms with Gasteiger partial charge in [-0.1, -0.05) is 111 Å². The first kappa shape index (κ1) is 31.8. The molecule has 0 saturated heterocycles. The SMILES string of the molecule is CC(C)(C)C(=O)/C=C(\O)C(C)(C)C.CC(C)(C)c1cnc2c(c1)C(C)(C)c1cccc3oc4cc[c-]c-2c4c13.[Ir]. The molecule has 0 saturated carbocycles. The average molecular weight is 717 g/mol.